The number of hydrogen-bond acceptors (Lipinski definition) is 5. The molecule has 1 unspecified atom stereocenters. The summed E-state index contributed by atoms with van der Waals surface area (Å²) < 4.78 is 6.29. The van der Waals surface area contributed by atoms with Gasteiger partial charge in [-0.1, -0.05) is 15.9 Å². The highest BCUT2D eigenvalue weighted by Gasteiger charge is 2.25. The number of anilines is 1. The number of halogens is 1. The van der Waals surface area contributed by atoms with Gasteiger partial charge in [0.25, 0.3) is 5.69 Å². The van der Waals surface area contributed by atoms with Crippen LogP contribution in [-0.2, 0) is 4.74 Å². The predicted molar refractivity (Wildman–Crippen MR) is 92.8 cm³/mol. The van der Waals surface area contributed by atoms with Crippen LogP contribution >= 0.6 is 15.9 Å². The SMILES string of the molecule is O=[N+]([O-])c1ccc(Br)cc1NC1CCN(CC2CCOC2)CC1. The van der Waals surface area contributed by atoms with Gasteiger partial charge in [-0.3, -0.25) is 10.1 Å². The Morgan fingerprint density at radius 2 is 2.13 bits per heavy atom. The first-order valence-corrected chi connectivity index (χ1v) is 8.91. The lowest BCUT2D eigenvalue weighted by atomic mass is 10.0. The van der Waals surface area contributed by atoms with Crippen LogP contribution in [0.5, 0.6) is 0 Å². The van der Waals surface area contributed by atoms with Crippen molar-refractivity contribution in [2.75, 3.05) is 38.2 Å². The summed E-state index contributed by atoms with van der Waals surface area (Å²) in [6, 6.07) is 5.33. The molecule has 0 radical (unpaired) electrons. The molecule has 2 aliphatic heterocycles. The maximum absolute atomic E-state index is 11.2. The van der Waals surface area contributed by atoms with Crippen molar-refractivity contribution in [1.29, 1.82) is 0 Å². The van der Waals surface area contributed by atoms with Gasteiger partial charge in [0.2, 0.25) is 0 Å². The van der Waals surface area contributed by atoms with Gasteiger partial charge in [-0.15, -0.1) is 0 Å². The van der Waals surface area contributed by atoms with E-state index >= 15 is 0 Å². The summed E-state index contributed by atoms with van der Waals surface area (Å²) >= 11 is 3.39. The second kappa shape index (κ2) is 7.59. The fourth-order valence-electron chi connectivity index (χ4n) is 3.36. The van der Waals surface area contributed by atoms with E-state index in [0.29, 0.717) is 17.6 Å². The molecule has 126 valence electrons. The van der Waals surface area contributed by atoms with Gasteiger partial charge in [0.1, 0.15) is 5.69 Å². The van der Waals surface area contributed by atoms with Crippen molar-refractivity contribution in [3.8, 4) is 0 Å². The highest BCUT2D eigenvalue weighted by atomic mass is 79.9. The minimum Gasteiger partial charge on any atom is -0.381 e. The highest BCUT2D eigenvalue weighted by Crippen LogP contribution is 2.30. The van der Waals surface area contributed by atoms with Gasteiger partial charge >= 0.3 is 0 Å². The van der Waals surface area contributed by atoms with Crippen LogP contribution in [0.2, 0.25) is 0 Å². The van der Waals surface area contributed by atoms with Gasteiger partial charge in [0.15, 0.2) is 0 Å². The molecule has 0 aliphatic carbocycles. The van der Waals surface area contributed by atoms with Crippen LogP contribution in [-0.4, -0.2) is 48.7 Å². The number of nitrogens with zero attached hydrogens (tertiary/aromatic N) is 2. The van der Waals surface area contributed by atoms with Crippen LogP contribution in [0, 0.1) is 16.0 Å². The zero-order valence-corrected chi connectivity index (χ0v) is 14.6. The van der Waals surface area contributed by atoms with Crippen LogP contribution in [0.25, 0.3) is 0 Å². The maximum atomic E-state index is 11.2. The molecule has 0 bridgehead atoms. The number of nitrogens with one attached hydrogen (secondary N) is 1. The molecule has 1 aromatic rings. The van der Waals surface area contributed by atoms with Gasteiger partial charge in [-0.05, 0) is 37.3 Å². The van der Waals surface area contributed by atoms with E-state index in [-0.39, 0.29) is 10.6 Å². The number of piperidine rings is 1. The number of nitro groups is 1. The van der Waals surface area contributed by atoms with Crippen molar-refractivity contribution in [3.05, 3.63) is 32.8 Å². The summed E-state index contributed by atoms with van der Waals surface area (Å²) in [7, 11) is 0. The van der Waals surface area contributed by atoms with E-state index in [0.717, 1.165) is 50.2 Å². The smallest absolute Gasteiger partial charge is 0.292 e. The van der Waals surface area contributed by atoms with Crippen molar-refractivity contribution in [2.45, 2.75) is 25.3 Å². The van der Waals surface area contributed by atoms with Crippen molar-refractivity contribution >= 4 is 27.3 Å². The zero-order chi connectivity index (χ0) is 16.2. The molecule has 0 spiro atoms. The standard InChI is InChI=1S/C16H22BrN3O3/c17-13-1-2-16(20(21)22)15(9-13)18-14-3-6-19(7-4-14)10-12-5-8-23-11-12/h1-2,9,12,14,18H,3-8,10-11H2. The molecule has 0 saturated carbocycles. The average molecular weight is 384 g/mol. The molecule has 0 amide bonds. The van der Waals surface area contributed by atoms with Gasteiger partial charge in [0.05, 0.1) is 11.5 Å². The second-order valence-electron chi connectivity index (χ2n) is 6.37. The Bertz CT molecular complexity index is 556. The van der Waals surface area contributed by atoms with Crippen LogP contribution < -0.4 is 5.32 Å². The summed E-state index contributed by atoms with van der Waals surface area (Å²) in [6.07, 6.45) is 3.19. The van der Waals surface area contributed by atoms with E-state index in [1.54, 1.807) is 18.2 Å². The molecule has 1 aromatic carbocycles. The number of ether oxygens (including phenoxy) is 1. The highest BCUT2D eigenvalue weighted by molar-refractivity contribution is 9.10. The third-order valence-corrected chi connectivity index (χ3v) is 5.14. The van der Waals surface area contributed by atoms with E-state index in [1.165, 1.54) is 6.42 Å². The minimum absolute atomic E-state index is 0.138. The summed E-state index contributed by atoms with van der Waals surface area (Å²) in [4.78, 5) is 13.3. The second-order valence-corrected chi connectivity index (χ2v) is 7.28. The maximum Gasteiger partial charge on any atom is 0.292 e. The molecule has 3 rings (SSSR count). The lowest BCUT2D eigenvalue weighted by Crippen LogP contribution is -2.41. The lowest BCUT2D eigenvalue weighted by molar-refractivity contribution is -0.384. The Kier molecular flexibility index (Phi) is 5.50. The van der Waals surface area contributed by atoms with Crippen molar-refractivity contribution in [3.63, 3.8) is 0 Å². The normalized spacial score (nSPS) is 23.1. The number of benzene rings is 1. The predicted octanol–water partition coefficient (Wildman–Crippen LogP) is 3.27. The zero-order valence-electron chi connectivity index (χ0n) is 13.0. The van der Waals surface area contributed by atoms with E-state index in [4.69, 9.17) is 4.74 Å². The summed E-state index contributed by atoms with van der Waals surface area (Å²) in [5.74, 6) is 0.672. The van der Waals surface area contributed by atoms with Crippen molar-refractivity contribution in [2.24, 2.45) is 5.92 Å². The number of nitro benzene ring substituents is 1. The Balaban J connectivity index is 1.54. The average Bonchev–Trinajstić information content (AvgIpc) is 3.02. The third-order valence-electron chi connectivity index (χ3n) is 4.64. The molecule has 2 saturated heterocycles. The third kappa shape index (κ3) is 4.43. The number of hydrogen-bond donors (Lipinski definition) is 1. The Hall–Kier alpha value is -1.18. The van der Waals surface area contributed by atoms with Gasteiger partial charge in [-0.25, -0.2) is 0 Å². The topological polar surface area (TPSA) is 67.6 Å². The Morgan fingerprint density at radius 1 is 1.35 bits per heavy atom. The molecule has 7 heteroatoms. The number of likely N-dealkylation sites (tertiary alicyclic amines) is 1. The first-order chi connectivity index (χ1) is 11.1. The minimum atomic E-state index is -0.329. The summed E-state index contributed by atoms with van der Waals surface area (Å²) in [6.45, 7) is 4.98. The molecule has 2 aliphatic rings. The largest absolute Gasteiger partial charge is 0.381 e. The molecule has 1 atom stereocenters. The quantitative estimate of drug-likeness (QED) is 0.624. The van der Waals surface area contributed by atoms with E-state index in [9.17, 15) is 10.1 Å². The van der Waals surface area contributed by atoms with Gasteiger partial charge < -0.3 is 15.0 Å². The molecule has 6 nitrogen and oxygen atoms in total. The van der Waals surface area contributed by atoms with Gasteiger partial charge in [0, 0.05) is 42.8 Å². The lowest BCUT2D eigenvalue weighted by Gasteiger charge is -2.34. The van der Waals surface area contributed by atoms with Crippen molar-refractivity contribution in [1.82, 2.24) is 4.90 Å². The first kappa shape index (κ1) is 16.7. The van der Waals surface area contributed by atoms with Crippen LogP contribution in [0.15, 0.2) is 22.7 Å². The molecule has 23 heavy (non-hydrogen) atoms. The van der Waals surface area contributed by atoms with Crippen molar-refractivity contribution < 1.29 is 9.66 Å². The van der Waals surface area contributed by atoms with Crippen LogP contribution in [0.4, 0.5) is 11.4 Å². The summed E-state index contributed by atoms with van der Waals surface area (Å²) in [5, 5.41) is 14.5. The molecule has 0 aromatic heterocycles. The van der Waals surface area contributed by atoms with Gasteiger partial charge in [-0.2, -0.15) is 0 Å². The summed E-state index contributed by atoms with van der Waals surface area (Å²) in [5.41, 5.74) is 0.741. The Morgan fingerprint density at radius 3 is 2.78 bits per heavy atom. The molecule has 2 fully saturated rings. The molecular formula is C16H22BrN3O3. The fourth-order valence-corrected chi connectivity index (χ4v) is 3.72. The molecular weight excluding hydrogens is 362 g/mol. The fraction of sp³-hybridized carbons (Fsp3) is 0.625. The Labute approximate surface area is 144 Å². The van der Waals surface area contributed by atoms with Crippen LogP contribution in [0.1, 0.15) is 19.3 Å². The molecule has 1 N–H and O–H groups in total. The van der Waals surface area contributed by atoms with Crippen LogP contribution in [0.3, 0.4) is 0 Å². The van der Waals surface area contributed by atoms with E-state index in [2.05, 4.69) is 26.1 Å². The number of rotatable bonds is 5. The van der Waals surface area contributed by atoms with E-state index in [1.807, 2.05) is 0 Å². The van der Waals surface area contributed by atoms with E-state index < -0.39 is 0 Å². The monoisotopic (exact) mass is 383 g/mol. The molecule has 2 heterocycles. The first-order valence-electron chi connectivity index (χ1n) is 8.12.